The lowest BCUT2D eigenvalue weighted by Gasteiger charge is -1.71. The van der Waals surface area contributed by atoms with Crippen LogP contribution in [0.1, 0.15) is 0 Å². The molecule has 4 heavy (non-hydrogen) atoms. The van der Waals surface area contributed by atoms with Gasteiger partial charge in [-0.1, -0.05) is 9.39 Å². The van der Waals surface area contributed by atoms with Gasteiger partial charge >= 0.3 is 0 Å². The highest BCUT2D eigenvalue weighted by atomic mass is 31.1. The van der Waals surface area contributed by atoms with Gasteiger partial charge in [0.25, 0.3) is 0 Å². The average Bonchev–Trinajstić information content (AvgIpc) is 1.37. The van der Waals surface area contributed by atoms with Gasteiger partial charge in [-0.2, -0.15) is 0 Å². The zero-order valence-electron chi connectivity index (χ0n) is 1.96. The molecule has 1 N–H and O–H groups in total. The van der Waals surface area contributed by atoms with E-state index in [2.05, 4.69) is 4.86 Å². The number of rotatable bonds is 1. The van der Waals surface area contributed by atoms with E-state index in [-0.39, 0.29) is 0 Å². The molecule has 0 bridgehead atoms. The summed E-state index contributed by atoms with van der Waals surface area (Å²) in [6.07, 6.45) is 0. The first kappa shape index (κ1) is 4.75. The maximum Gasteiger partial charge on any atom is 0.142 e. The maximum absolute atomic E-state index is 10.6. The Labute approximate surface area is 28.6 Å². The highest BCUT2D eigenvalue weighted by Crippen LogP contribution is 2.02. The third-order valence-electron chi connectivity index (χ3n) is 0.0546. The van der Waals surface area contributed by atoms with E-state index in [1.807, 2.05) is 9.39 Å². The summed E-state index contributed by atoms with van der Waals surface area (Å²) in [4.78, 5) is 2.21. The predicted molar refractivity (Wildman–Crippen MR) is 22.3 cm³/mol. The Morgan fingerprint density at radius 2 is 2.25 bits per heavy atom. The van der Waals surface area contributed by atoms with Crippen LogP contribution in [0.3, 0.4) is 0 Å². The first-order valence-corrected chi connectivity index (χ1v) is 2.18. The van der Waals surface area contributed by atoms with Gasteiger partial charge in [0.2, 0.25) is 0 Å². The van der Waals surface area contributed by atoms with Gasteiger partial charge in [0.1, 0.15) is 9.04 Å². The van der Waals surface area contributed by atoms with Gasteiger partial charge in [0, 0.05) is 0 Å². The lowest BCUT2D eigenvalue weighted by molar-refractivity contribution is 0.912. The molecule has 1 nitrogen and oxygen atoms in total. The van der Waals surface area contributed by atoms with Crippen molar-refractivity contribution in [3.05, 3.63) is 0 Å². The molecule has 0 spiro atoms. The number of nitrogens with one attached hydrogen (secondary N) is 1. The molecule has 0 saturated heterocycles. The topological polar surface area (TPSA) is 12.0 Å². The molecule has 0 aliphatic carbocycles. The highest BCUT2D eigenvalue weighted by Gasteiger charge is 1.55. The molecule has 0 amide bonds. The maximum atomic E-state index is 10.6. The van der Waals surface area contributed by atoms with Gasteiger partial charge < -0.3 is 0 Å². The van der Waals surface area contributed by atoms with Crippen molar-refractivity contribution >= 4 is 18.4 Å². The molecule has 0 aromatic rings. The summed E-state index contributed by atoms with van der Waals surface area (Å²) in [7, 11) is 1.40. The van der Waals surface area contributed by atoms with Crippen LogP contribution in [0.5, 0.6) is 0 Å². The minimum atomic E-state index is -0.647. The molecule has 0 heterocycles. The zero-order chi connectivity index (χ0) is 3.41. The van der Waals surface area contributed by atoms with Crippen molar-refractivity contribution in [3.63, 3.8) is 0 Å². The number of hydrogen-bond acceptors (Lipinski definition) is 1. The SMILES string of the molecule is FPNP. The van der Waals surface area contributed by atoms with Crippen molar-refractivity contribution in [1.82, 2.24) is 4.86 Å². The van der Waals surface area contributed by atoms with E-state index in [9.17, 15) is 4.20 Å². The minimum absolute atomic E-state index is 0.647. The van der Waals surface area contributed by atoms with Crippen molar-refractivity contribution in [1.29, 1.82) is 0 Å². The van der Waals surface area contributed by atoms with Gasteiger partial charge in [-0.05, 0) is 0 Å². The van der Waals surface area contributed by atoms with E-state index in [1.54, 1.807) is 0 Å². The van der Waals surface area contributed by atoms with Gasteiger partial charge in [0.05, 0.1) is 0 Å². The summed E-state index contributed by atoms with van der Waals surface area (Å²) in [5, 5.41) is 0. The van der Waals surface area contributed by atoms with Gasteiger partial charge in [0.15, 0.2) is 0 Å². The Kier molecular flexibility index (Phi) is 4.45. The third kappa shape index (κ3) is 2.75. The number of hydrogen-bond donors (Lipinski definition) is 1. The average molecular weight is 99.0 g/mol. The second-order valence-corrected chi connectivity index (χ2v) is 1.58. The smallest absolute Gasteiger partial charge is 0.142 e. The van der Waals surface area contributed by atoms with Gasteiger partial charge in [-0.25, -0.2) is 4.20 Å². The lowest BCUT2D eigenvalue weighted by Crippen LogP contribution is -1.62. The summed E-state index contributed by atoms with van der Waals surface area (Å²) in [5.74, 6) is 0. The van der Waals surface area contributed by atoms with Crippen LogP contribution in [-0.2, 0) is 0 Å². The second-order valence-electron chi connectivity index (χ2n) is 0.239. The van der Waals surface area contributed by atoms with Crippen molar-refractivity contribution in [2.45, 2.75) is 0 Å². The quantitative estimate of drug-likeness (QED) is 0.480. The van der Waals surface area contributed by atoms with Crippen LogP contribution in [0.25, 0.3) is 0 Å². The Balaban J connectivity index is 1.97. The summed E-state index contributed by atoms with van der Waals surface area (Å²) in [6, 6.07) is 0. The molecule has 0 saturated carbocycles. The molecule has 0 aliphatic heterocycles. The zero-order valence-corrected chi connectivity index (χ0v) is 4.11. The van der Waals surface area contributed by atoms with Crippen LogP contribution >= 0.6 is 18.4 Å². The van der Waals surface area contributed by atoms with E-state index in [0.717, 1.165) is 0 Å². The van der Waals surface area contributed by atoms with Crippen LogP contribution in [0.2, 0.25) is 0 Å². The summed E-state index contributed by atoms with van der Waals surface area (Å²) in [6.45, 7) is 0. The van der Waals surface area contributed by atoms with Crippen LogP contribution in [0.15, 0.2) is 0 Å². The molecule has 0 aromatic carbocycles. The van der Waals surface area contributed by atoms with Crippen molar-refractivity contribution in [2.24, 2.45) is 0 Å². The fraction of sp³-hybridized carbons (Fsp3) is 0. The van der Waals surface area contributed by atoms with Crippen LogP contribution in [-0.4, -0.2) is 0 Å². The van der Waals surface area contributed by atoms with Gasteiger partial charge in [-0.15, -0.1) is 0 Å². The number of halogens is 1. The standard InChI is InChI=1S/FH4NP2/c1-4-2-3/h2,4H,3H2. The van der Waals surface area contributed by atoms with E-state index in [0.29, 0.717) is 0 Å². The normalized spacial score (nSPS) is 10.5. The Morgan fingerprint density at radius 3 is 2.25 bits per heavy atom. The largest absolute Gasteiger partial charge is 0.256 e. The van der Waals surface area contributed by atoms with Gasteiger partial charge in [-0.3, -0.25) is 4.86 Å². The van der Waals surface area contributed by atoms with E-state index < -0.39 is 9.04 Å². The van der Waals surface area contributed by atoms with E-state index >= 15 is 0 Å². The molecule has 2 unspecified atom stereocenters. The Morgan fingerprint density at radius 1 is 2.00 bits per heavy atom. The third-order valence-corrected chi connectivity index (χ3v) is 0.491. The lowest BCUT2D eigenvalue weighted by atomic mass is 13.9. The Bertz CT molecular complexity index is 8.00. The van der Waals surface area contributed by atoms with Crippen molar-refractivity contribution in [3.8, 4) is 0 Å². The molecular formula is H4FNP2. The Hall–Kier alpha value is 0.750. The fourth-order valence-corrected chi connectivity index (χ4v) is 0. The molecule has 0 radical (unpaired) electrons. The first-order valence-electron chi connectivity index (χ1n) is 0.728. The molecule has 4 heteroatoms. The summed E-state index contributed by atoms with van der Waals surface area (Å²) < 4.78 is 10.6. The fourth-order valence-electron chi connectivity index (χ4n) is 0. The summed E-state index contributed by atoms with van der Waals surface area (Å²) >= 11 is 0. The van der Waals surface area contributed by atoms with E-state index in [1.165, 1.54) is 0 Å². The van der Waals surface area contributed by atoms with E-state index in [4.69, 9.17) is 0 Å². The molecule has 0 fully saturated rings. The van der Waals surface area contributed by atoms with Crippen LogP contribution in [0.4, 0.5) is 4.20 Å². The summed E-state index contributed by atoms with van der Waals surface area (Å²) in [5.41, 5.74) is 0. The molecular weight excluding hydrogens is 95.0 g/mol. The molecule has 0 rings (SSSR count). The van der Waals surface area contributed by atoms with Crippen molar-refractivity contribution < 1.29 is 4.20 Å². The molecule has 0 aliphatic rings. The molecule has 2 atom stereocenters. The second kappa shape index (κ2) is 3.75. The first-order chi connectivity index (χ1) is 1.91. The molecule has 26 valence electrons. The minimum Gasteiger partial charge on any atom is -0.256 e. The highest BCUT2D eigenvalue weighted by molar-refractivity contribution is 7.40. The van der Waals surface area contributed by atoms with Crippen LogP contribution < -0.4 is 4.86 Å². The molecule has 0 aromatic heterocycles. The predicted octanol–water partition coefficient (Wildman–Crippen LogP) is 0.844. The van der Waals surface area contributed by atoms with Crippen molar-refractivity contribution in [2.75, 3.05) is 0 Å². The monoisotopic (exact) mass is 99.0 g/mol. The van der Waals surface area contributed by atoms with Crippen LogP contribution in [0, 0.1) is 0 Å².